The van der Waals surface area contributed by atoms with Crippen LogP contribution in [-0.4, -0.2) is 59.5 Å². The predicted octanol–water partition coefficient (Wildman–Crippen LogP) is 0.603. The van der Waals surface area contributed by atoms with E-state index in [0.29, 0.717) is 31.6 Å². The van der Waals surface area contributed by atoms with Gasteiger partial charge in [0.1, 0.15) is 23.4 Å². The molecule has 9 heteroatoms. The van der Waals surface area contributed by atoms with E-state index in [1.165, 1.54) is 0 Å². The average molecular weight is 344 g/mol. The van der Waals surface area contributed by atoms with Crippen LogP contribution in [0.2, 0.25) is 0 Å². The summed E-state index contributed by atoms with van der Waals surface area (Å²) in [5, 5.41) is 22.0. The number of rotatable bonds is 3. The van der Waals surface area contributed by atoms with Crippen LogP contribution in [0, 0.1) is 0 Å². The summed E-state index contributed by atoms with van der Waals surface area (Å²) in [6.07, 6.45) is 4.49. The summed E-state index contributed by atoms with van der Waals surface area (Å²) in [6, 6.07) is 1.16. The van der Waals surface area contributed by atoms with Crippen LogP contribution in [0.15, 0.2) is 12.3 Å². The van der Waals surface area contributed by atoms with E-state index in [2.05, 4.69) is 15.3 Å². The molecule has 25 heavy (non-hydrogen) atoms. The molecule has 4 rings (SSSR count). The first-order valence-electron chi connectivity index (χ1n) is 8.50. The van der Waals surface area contributed by atoms with Crippen molar-refractivity contribution in [1.82, 2.24) is 29.4 Å². The molecule has 0 saturated carbocycles. The molecule has 1 amide bonds. The van der Waals surface area contributed by atoms with Crippen molar-refractivity contribution in [3.05, 3.63) is 29.6 Å². The molecule has 132 valence electrons. The molecule has 9 nitrogen and oxygen atoms in total. The van der Waals surface area contributed by atoms with Gasteiger partial charge < -0.3 is 14.6 Å². The highest BCUT2D eigenvalue weighted by Gasteiger charge is 2.36. The third-order valence-electron chi connectivity index (χ3n) is 5.11. The summed E-state index contributed by atoms with van der Waals surface area (Å²) < 4.78 is 3.41. The molecule has 1 unspecified atom stereocenters. The highest BCUT2D eigenvalue weighted by Crippen LogP contribution is 2.34. The SMILES string of the molecule is Cn1ccc(C(=O)N2CCC(c3nnc4n3C(C(=O)O)CC4)CC2)n1. The molecule has 2 aliphatic heterocycles. The molecule has 2 aliphatic rings. The van der Waals surface area contributed by atoms with Gasteiger partial charge in [0.2, 0.25) is 0 Å². The zero-order valence-electron chi connectivity index (χ0n) is 14.0. The van der Waals surface area contributed by atoms with Crippen molar-refractivity contribution in [2.45, 2.75) is 37.6 Å². The fraction of sp³-hybridized carbons (Fsp3) is 0.562. The second-order valence-corrected chi connectivity index (χ2v) is 6.68. The van der Waals surface area contributed by atoms with Crippen molar-refractivity contribution in [2.24, 2.45) is 7.05 Å². The number of piperidine rings is 1. The minimum absolute atomic E-state index is 0.0612. The summed E-state index contributed by atoms with van der Waals surface area (Å²) in [6.45, 7) is 1.22. The second kappa shape index (κ2) is 5.98. The van der Waals surface area contributed by atoms with Crippen LogP contribution in [0.4, 0.5) is 0 Å². The first-order valence-corrected chi connectivity index (χ1v) is 8.50. The number of amides is 1. The topological polar surface area (TPSA) is 106 Å². The number of carbonyl (C=O) groups is 2. The fourth-order valence-corrected chi connectivity index (χ4v) is 3.79. The van der Waals surface area contributed by atoms with Gasteiger partial charge in [-0.3, -0.25) is 9.48 Å². The van der Waals surface area contributed by atoms with E-state index < -0.39 is 12.0 Å². The molecule has 2 aromatic heterocycles. The zero-order valence-corrected chi connectivity index (χ0v) is 14.0. The molecular weight excluding hydrogens is 324 g/mol. The quantitative estimate of drug-likeness (QED) is 0.874. The highest BCUT2D eigenvalue weighted by molar-refractivity contribution is 5.92. The summed E-state index contributed by atoms with van der Waals surface area (Å²) >= 11 is 0. The van der Waals surface area contributed by atoms with Gasteiger partial charge >= 0.3 is 5.97 Å². The Morgan fingerprint density at radius 1 is 1.20 bits per heavy atom. The third kappa shape index (κ3) is 2.69. The van der Waals surface area contributed by atoms with Crippen molar-refractivity contribution >= 4 is 11.9 Å². The largest absolute Gasteiger partial charge is 0.480 e. The normalized spacial score (nSPS) is 20.7. The summed E-state index contributed by atoms with van der Waals surface area (Å²) in [7, 11) is 1.79. The molecule has 0 aromatic carbocycles. The van der Waals surface area contributed by atoms with E-state index in [4.69, 9.17) is 0 Å². The van der Waals surface area contributed by atoms with Crippen molar-refractivity contribution in [3.8, 4) is 0 Å². The number of carboxylic acids is 1. The van der Waals surface area contributed by atoms with Crippen molar-refractivity contribution in [3.63, 3.8) is 0 Å². The summed E-state index contributed by atoms with van der Waals surface area (Å²) in [5.74, 6) is 0.754. The fourth-order valence-electron chi connectivity index (χ4n) is 3.79. The van der Waals surface area contributed by atoms with E-state index >= 15 is 0 Å². The number of carboxylic acid groups (broad SMARTS) is 1. The van der Waals surface area contributed by atoms with Crippen molar-refractivity contribution < 1.29 is 14.7 Å². The number of carbonyl (C=O) groups excluding carboxylic acids is 1. The van der Waals surface area contributed by atoms with Crippen LogP contribution in [-0.2, 0) is 18.3 Å². The number of nitrogens with zero attached hydrogens (tertiary/aromatic N) is 6. The maximum absolute atomic E-state index is 12.5. The summed E-state index contributed by atoms with van der Waals surface area (Å²) in [5.41, 5.74) is 0.454. The maximum Gasteiger partial charge on any atom is 0.326 e. The smallest absolute Gasteiger partial charge is 0.326 e. The van der Waals surface area contributed by atoms with E-state index in [-0.39, 0.29) is 11.8 Å². The van der Waals surface area contributed by atoms with Crippen molar-refractivity contribution in [1.29, 1.82) is 0 Å². The molecule has 0 aliphatic carbocycles. The molecule has 0 radical (unpaired) electrons. The molecule has 1 atom stereocenters. The zero-order chi connectivity index (χ0) is 17.6. The Kier molecular flexibility index (Phi) is 3.78. The Labute approximate surface area is 144 Å². The Morgan fingerprint density at radius 3 is 2.60 bits per heavy atom. The van der Waals surface area contributed by atoms with Crippen LogP contribution < -0.4 is 0 Å². The standard InChI is InChI=1S/C16H20N6O3/c1-20-7-6-11(19-20)15(23)21-8-4-10(5-9-21)14-18-17-13-3-2-12(16(24)25)22(13)14/h6-7,10,12H,2-5,8-9H2,1H3,(H,24,25). The van der Waals surface area contributed by atoms with E-state index in [9.17, 15) is 14.7 Å². The summed E-state index contributed by atoms with van der Waals surface area (Å²) in [4.78, 5) is 25.7. The number of aryl methyl sites for hydroxylation is 2. The molecule has 1 N–H and O–H groups in total. The number of fused-ring (bicyclic) bond motifs is 1. The van der Waals surface area contributed by atoms with E-state index in [1.54, 1.807) is 33.5 Å². The molecule has 4 heterocycles. The van der Waals surface area contributed by atoms with Crippen LogP contribution in [0.1, 0.15) is 53.4 Å². The lowest BCUT2D eigenvalue weighted by Crippen LogP contribution is -2.38. The van der Waals surface area contributed by atoms with Crippen LogP contribution in [0.5, 0.6) is 0 Å². The Bertz CT molecular complexity index is 818. The lowest BCUT2D eigenvalue weighted by Gasteiger charge is -2.31. The number of hydrogen-bond donors (Lipinski definition) is 1. The first-order chi connectivity index (χ1) is 12.0. The third-order valence-corrected chi connectivity index (χ3v) is 5.11. The number of hydrogen-bond acceptors (Lipinski definition) is 5. The van der Waals surface area contributed by atoms with Gasteiger partial charge in [0, 0.05) is 38.7 Å². The maximum atomic E-state index is 12.5. The van der Waals surface area contributed by atoms with E-state index in [1.807, 2.05) is 0 Å². The van der Waals surface area contributed by atoms with Crippen molar-refractivity contribution in [2.75, 3.05) is 13.1 Å². The van der Waals surface area contributed by atoms with Gasteiger partial charge in [0.05, 0.1) is 0 Å². The highest BCUT2D eigenvalue weighted by atomic mass is 16.4. The molecule has 1 saturated heterocycles. The van der Waals surface area contributed by atoms with Gasteiger partial charge in [-0.2, -0.15) is 5.10 Å². The number of likely N-dealkylation sites (tertiary alicyclic amines) is 1. The number of aromatic nitrogens is 5. The average Bonchev–Trinajstić information content (AvgIpc) is 3.30. The number of aliphatic carboxylic acids is 1. The molecule has 1 fully saturated rings. The van der Waals surface area contributed by atoms with Gasteiger partial charge in [0.25, 0.3) is 5.91 Å². The molecular formula is C16H20N6O3. The molecule has 2 aromatic rings. The van der Waals surface area contributed by atoms with Crippen LogP contribution in [0.3, 0.4) is 0 Å². The monoisotopic (exact) mass is 344 g/mol. The minimum atomic E-state index is -0.831. The minimum Gasteiger partial charge on any atom is -0.480 e. The van der Waals surface area contributed by atoms with Crippen LogP contribution in [0.25, 0.3) is 0 Å². The lowest BCUT2D eigenvalue weighted by atomic mass is 9.95. The van der Waals surface area contributed by atoms with Gasteiger partial charge in [-0.1, -0.05) is 0 Å². The van der Waals surface area contributed by atoms with Gasteiger partial charge in [0.15, 0.2) is 0 Å². The van der Waals surface area contributed by atoms with Gasteiger partial charge in [-0.15, -0.1) is 10.2 Å². The Morgan fingerprint density at radius 2 is 1.96 bits per heavy atom. The Hall–Kier alpha value is -2.71. The van der Waals surface area contributed by atoms with Crippen LogP contribution >= 0.6 is 0 Å². The Balaban J connectivity index is 1.47. The van der Waals surface area contributed by atoms with Gasteiger partial charge in [-0.05, 0) is 25.3 Å². The molecule has 0 bridgehead atoms. The molecule has 0 spiro atoms. The lowest BCUT2D eigenvalue weighted by molar-refractivity contribution is -0.140. The second-order valence-electron chi connectivity index (χ2n) is 6.68. The van der Waals surface area contributed by atoms with Gasteiger partial charge in [-0.25, -0.2) is 4.79 Å². The first kappa shape index (κ1) is 15.8. The predicted molar refractivity (Wildman–Crippen MR) is 86.1 cm³/mol. The van der Waals surface area contributed by atoms with E-state index in [0.717, 1.165) is 24.5 Å².